The van der Waals surface area contributed by atoms with Gasteiger partial charge in [0.15, 0.2) is 0 Å². The molecule has 2 atom stereocenters. The third-order valence-electron chi connectivity index (χ3n) is 4.67. The highest BCUT2D eigenvalue weighted by Gasteiger charge is 2.26. The molecular weight excluding hydrogens is 216 g/mol. The van der Waals surface area contributed by atoms with Crippen LogP contribution in [0.5, 0.6) is 0 Å². The minimum atomic E-state index is 0.516. The Morgan fingerprint density at radius 3 is 1.17 bits per heavy atom. The molecule has 0 N–H and O–H groups in total. The first-order chi connectivity index (χ1) is 8.12. The summed E-state index contributed by atoms with van der Waals surface area (Å²) in [5.41, 5.74) is 1.03. The van der Waals surface area contributed by atoms with E-state index in [1.54, 1.807) is 0 Å². The predicted octanol–water partition coefficient (Wildman–Crippen LogP) is 6.69. The Labute approximate surface area is 117 Å². The smallest absolute Gasteiger partial charge is 0.0351 e. The van der Waals surface area contributed by atoms with Gasteiger partial charge in [0.05, 0.1) is 0 Å². The summed E-state index contributed by atoms with van der Waals surface area (Å²) < 4.78 is 0. The zero-order chi connectivity index (χ0) is 14.4. The van der Waals surface area contributed by atoms with Gasteiger partial charge in [-0.2, -0.15) is 0 Å². The monoisotopic (exact) mass is 254 g/mol. The molecule has 0 fully saturated rings. The molecule has 0 amide bonds. The summed E-state index contributed by atoms with van der Waals surface area (Å²) in [4.78, 5) is 0. The molecule has 0 aliphatic rings. The molecule has 0 saturated heterocycles. The fraction of sp³-hybridized carbons (Fsp3) is 1.00. The molecule has 0 spiro atoms. The van der Waals surface area contributed by atoms with Crippen LogP contribution >= 0.6 is 0 Å². The fourth-order valence-electron chi connectivity index (χ4n) is 3.06. The van der Waals surface area contributed by atoms with E-state index in [-0.39, 0.29) is 0 Å². The fourth-order valence-corrected chi connectivity index (χ4v) is 3.06. The second-order valence-corrected chi connectivity index (χ2v) is 8.26. The van der Waals surface area contributed by atoms with E-state index in [1.807, 2.05) is 0 Å². The lowest BCUT2D eigenvalue weighted by molar-refractivity contribution is 0.178. The Morgan fingerprint density at radius 1 is 0.667 bits per heavy atom. The lowest BCUT2D eigenvalue weighted by atomic mass is 9.72. The molecule has 0 aliphatic heterocycles. The molecule has 110 valence electrons. The van der Waals surface area contributed by atoms with Crippen molar-refractivity contribution in [1.82, 2.24) is 0 Å². The largest absolute Gasteiger partial charge is 0.0651 e. The number of hydrogen-bond acceptors (Lipinski definition) is 0. The van der Waals surface area contributed by atoms with Crippen LogP contribution < -0.4 is 0 Å². The molecule has 0 heterocycles. The van der Waals surface area contributed by atoms with Crippen molar-refractivity contribution in [2.45, 2.75) is 93.9 Å². The van der Waals surface area contributed by atoms with Gasteiger partial charge >= 0.3 is 0 Å². The summed E-state index contributed by atoms with van der Waals surface area (Å²) in [6.07, 6.45) is 8.15. The second-order valence-electron chi connectivity index (χ2n) is 8.26. The van der Waals surface area contributed by atoms with E-state index in [1.165, 1.54) is 38.5 Å². The molecule has 0 saturated carbocycles. The Balaban J connectivity index is 4.20. The van der Waals surface area contributed by atoms with Crippen LogP contribution in [0.3, 0.4) is 0 Å². The lowest BCUT2D eigenvalue weighted by Gasteiger charge is -2.34. The zero-order valence-electron chi connectivity index (χ0n) is 14.4. The lowest BCUT2D eigenvalue weighted by Crippen LogP contribution is -2.22. The zero-order valence-corrected chi connectivity index (χ0v) is 14.4. The summed E-state index contributed by atoms with van der Waals surface area (Å²) in [7, 11) is 0. The summed E-state index contributed by atoms with van der Waals surface area (Å²) >= 11 is 0. The molecule has 0 aliphatic carbocycles. The topological polar surface area (TPSA) is 0 Å². The van der Waals surface area contributed by atoms with E-state index < -0.39 is 0 Å². The summed E-state index contributed by atoms with van der Waals surface area (Å²) in [5.74, 6) is 1.75. The third-order valence-corrected chi connectivity index (χ3v) is 4.67. The first kappa shape index (κ1) is 18.0. The van der Waals surface area contributed by atoms with E-state index in [4.69, 9.17) is 0 Å². The molecule has 0 aromatic rings. The minimum absolute atomic E-state index is 0.516. The van der Waals surface area contributed by atoms with Crippen LogP contribution in [0, 0.1) is 22.7 Å². The average molecular weight is 255 g/mol. The average Bonchev–Trinajstić information content (AvgIpc) is 2.25. The Hall–Kier alpha value is 0. The van der Waals surface area contributed by atoms with Crippen LogP contribution in [0.2, 0.25) is 0 Å². The van der Waals surface area contributed by atoms with Crippen LogP contribution in [0.4, 0.5) is 0 Å². The van der Waals surface area contributed by atoms with Gasteiger partial charge in [0.25, 0.3) is 0 Å². The van der Waals surface area contributed by atoms with Gasteiger partial charge in [-0.3, -0.25) is 0 Å². The Bertz CT molecular complexity index is 188. The SMILES string of the molecule is CCC(C)CC(C)(C)CCC(C)(C)CC(C)CC. The normalized spacial score (nSPS) is 16.7. The van der Waals surface area contributed by atoms with Crippen LogP contribution in [-0.4, -0.2) is 0 Å². The molecule has 0 rings (SSSR count). The van der Waals surface area contributed by atoms with Gasteiger partial charge < -0.3 is 0 Å². The molecule has 0 nitrogen and oxygen atoms in total. The van der Waals surface area contributed by atoms with Gasteiger partial charge in [-0.25, -0.2) is 0 Å². The van der Waals surface area contributed by atoms with Crippen molar-refractivity contribution < 1.29 is 0 Å². The quantitative estimate of drug-likeness (QED) is 0.430. The van der Waals surface area contributed by atoms with Gasteiger partial charge in [0.1, 0.15) is 0 Å². The van der Waals surface area contributed by atoms with Gasteiger partial charge in [-0.05, 0) is 48.3 Å². The second kappa shape index (κ2) is 7.56. The van der Waals surface area contributed by atoms with Gasteiger partial charge in [-0.1, -0.05) is 68.2 Å². The maximum absolute atomic E-state index is 2.46. The van der Waals surface area contributed by atoms with Gasteiger partial charge in [0.2, 0.25) is 0 Å². The van der Waals surface area contributed by atoms with Crippen molar-refractivity contribution in [1.29, 1.82) is 0 Å². The molecule has 0 radical (unpaired) electrons. The molecule has 0 bridgehead atoms. The highest BCUT2D eigenvalue weighted by molar-refractivity contribution is 4.78. The van der Waals surface area contributed by atoms with Crippen LogP contribution in [0.1, 0.15) is 93.9 Å². The Morgan fingerprint density at radius 2 is 0.944 bits per heavy atom. The molecule has 18 heavy (non-hydrogen) atoms. The van der Waals surface area contributed by atoms with Crippen LogP contribution in [-0.2, 0) is 0 Å². The molecular formula is C18H38. The molecule has 0 aromatic heterocycles. The first-order valence-electron chi connectivity index (χ1n) is 8.12. The van der Waals surface area contributed by atoms with E-state index in [9.17, 15) is 0 Å². The standard InChI is InChI=1S/C18H38/c1-9-15(3)13-17(5,6)11-12-18(7,8)14-16(4)10-2/h15-16H,9-14H2,1-8H3. The summed E-state index contributed by atoms with van der Waals surface area (Å²) in [6.45, 7) is 19.2. The van der Waals surface area contributed by atoms with Gasteiger partial charge in [-0.15, -0.1) is 0 Å². The molecule has 0 aromatic carbocycles. The van der Waals surface area contributed by atoms with Gasteiger partial charge in [0, 0.05) is 0 Å². The van der Waals surface area contributed by atoms with E-state index in [0.29, 0.717) is 10.8 Å². The van der Waals surface area contributed by atoms with E-state index in [2.05, 4.69) is 55.4 Å². The maximum Gasteiger partial charge on any atom is -0.0351 e. The molecule has 0 heteroatoms. The van der Waals surface area contributed by atoms with Crippen LogP contribution in [0.15, 0.2) is 0 Å². The van der Waals surface area contributed by atoms with Crippen molar-refractivity contribution in [2.75, 3.05) is 0 Å². The van der Waals surface area contributed by atoms with Crippen molar-refractivity contribution in [2.24, 2.45) is 22.7 Å². The summed E-state index contributed by atoms with van der Waals surface area (Å²) in [5, 5.41) is 0. The van der Waals surface area contributed by atoms with Crippen molar-refractivity contribution in [3.8, 4) is 0 Å². The number of rotatable bonds is 9. The third kappa shape index (κ3) is 8.16. The predicted molar refractivity (Wildman–Crippen MR) is 84.9 cm³/mol. The summed E-state index contributed by atoms with van der Waals surface area (Å²) in [6, 6.07) is 0. The number of hydrogen-bond donors (Lipinski definition) is 0. The highest BCUT2D eigenvalue weighted by atomic mass is 14.3. The van der Waals surface area contributed by atoms with Crippen molar-refractivity contribution in [3.05, 3.63) is 0 Å². The Kier molecular flexibility index (Phi) is 7.56. The highest BCUT2D eigenvalue weighted by Crippen LogP contribution is 2.39. The first-order valence-corrected chi connectivity index (χ1v) is 8.12. The van der Waals surface area contributed by atoms with Crippen LogP contribution in [0.25, 0.3) is 0 Å². The van der Waals surface area contributed by atoms with E-state index >= 15 is 0 Å². The van der Waals surface area contributed by atoms with Crippen molar-refractivity contribution >= 4 is 0 Å². The minimum Gasteiger partial charge on any atom is -0.0651 e. The maximum atomic E-state index is 2.46. The van der Waals surface area contributed by atoms with E-state index in [0.717, 1.165) is 11.8 Å². The molecule has 2 unspecified atom stereocenters. The van der Waals surface area contributed by atoms with Crippen molar-refractivity contribution in [3.63, 3.8) is 0 Å².